The van der Waals surface area contributed by atoms with Crippen LogP contribution in [0, 0.1) is 35.0 Å². The number of imide groups is 1. The van der Waals surface area contributed by atoms with Crippen molar-refractivity contribution in [2.24, 2.45) is 35.0 Å². The van der Waals surface area contributed by atoms with Crippen LogP contribution in [0.3, 0.4) is 0 Å². The first kappa shape index (κ1) is 24.1. The number of hydrogen-bond acceptors (Lipinski definition) is 4. The average Bonchev–Trinajstić information content (AvgIpc) is 3.55. The van der Waals surface area contributed by atoms with Crippen molar-refractivity contribution in [3.63, 3.8) is 0 Å². The molecule has 3 saturated carbocycles. The van der Waals surface area contributed by atoms with Crippen LogP contribution in [0.4, 0.5) is 0 Å². The number of ketones is 1. The Bertz CT molecular complexity index is 1090. The number of amides is 2. The second-order valence-corrected chi connectivity index (χ2v) is 12.4. The molecule has 0 radical (unpaired) electrons. The maximum Gasteiger partial charge on any atom is 0.261 e. The van der Waals surface area contributed by atoms with Crippen LogP contribution < -0.4 is 0 Å². The predicted molar refractivity (Wildman–Crippen MR) is 137 cm³/mol. The van der Waals surface area contributed by atoms with E-state index in [4.69, 9.17) is 4.74 Å². The summed E-state index contributed by atoms with van der Waals surface area (Å²) >= 11 is 0. The van der Waals surface area contributed by atoms with Gasteiger partial charge in [-0.05, 0) is 97.3 Å². The number of carbonyl (C=O) groups excluding carboxylic acids is 3. The van der Waals surface area contributed by atoms with Crippen molar-refractivity contribution in [3.8, 4) is 0 Å². The smallest absolute Gasteiger partial charge is 0.261 e. The van der Waals surface area contributed by atoms with E-state index in [1.54, 1.807) is 12.1 Å². The molecule has 36 heavy (non-hydrogen) atoms. The Morgan fingerprint density at radius 1 is 1.17 bits per heavy atom. The molecule has 5 heteroatoms. The van der Waals surface area contributed by atoms with Crippen molar-refractivity contribution in [3.05, 3.63) is 47.0 Å². The lowest BCUT2D eigenvalue weighted by atomic mass is 9.53. The molecule has 4 fully saturated rings. The van der Waals surface area contributed by atoms with E-state index in [9.17, 15) is 14.4 Å². The quantitative estimate of drug-likeness (QED) is 0.274. The topological polar surface area (TPSA) is 67.0 Å². The Hall–Kier alpha value is -2.27. The molecule has 0 spiro atoms. The molecule has 5 nitrogen and oxygen atoms in total. The van der Waals surface area contributed by atoms with Gasteiger partial charge in [0.1, 0.15) is 6.10 Å². The molecular formula is C31H39NO4. The minimum atomic E-state index is -0.139. The number of carbonyl (C=O) groups is 3. The van der Waals surface area contributed by atoms with Crippen LogP contribution in [0.15, 0.2) is 35.9 Å². The first-order valence-corrected chi connectivity index (χ1v) is 14.2. The molecule has 1 aromatic rings. The van der Waals surface area contributed by atoms with Gasteiger partial charge in [-0.3, -0.25) is 19.3 Å². The van der Waals surface area contributed by atoms with Crippen LogP contribution in [0.1, 0.15) is 92.9 Å². The fourth-order valence-corrected chi connectivity index (χ4v) is 8.71. The highest BCUT2D eigenvalue weighted by molar-refractivity contribution is 6.21. The lowest BCUT2D eigenvalue weighted by Gasteiger charge is -2.51. The van der Waals surface area contributed by atoms with Crippen LogP contribution >= 0.6 is 0 Å². The Kier molecular flexibility index (Phi) is 5.98. The molecule has 2 aliphatic heterocycles. The molecule has 0 aromatic heterocycles. The van der Waals surface area contributed by atoms with Crippen molar-refractivity contribution in [2.45, 2.75) is 84.3 Å². The summed E-state index contributed by atoms with van der Waals surface area (Å²) in [7, 11) is 0. The molecule has 1 saturated heterocycles. The van der Waals surface area contributed by atoms with Crippen molar-refractivity contribution < 1.29 is 19.1 Å². The van der Waals surface area contributed by atoms with Crippen molar-refractivity contribution in [1.29, 1.82) is 0 Å². The van der Waals surface area contributed by atoms with E-state index in [0.29, 0.717) is 47.8 Å². The second kappa shape index (κ2) is 8.93. The molecule has 2 amide bonds. The number of benzene rings is 1. The van der Waals surface area contributed by atoms with Crippen LogP contribution in [0.5, 0.6) is 0 Å². The van der Waals surface area contributed by atoms with Gasteiger partial charge in [0.2, 0.25) is 0 Å². The van der Waals surface area contributed by atoms with Crippen LogP contribution in [0.2, 0.25) is 0 Å². The van der Waals surface area contributed by atoms with Crippen LogP contribution in [-0.4, -0.2) is 41.3 Å². The monoisotopic (exact) mass is 489 g/mol. The fraction of sp³-hybridized carbons (Fsp3) is 0.645. The lowest BCUT2D eigenvalue weighted by molar-refractivity contribution is -0.114. The molecule has 2 heterocycles. The van der Waals surface area contributed by atoms with E-state index in [-0.39, 0.29) is 41.1 Å². The molecule has 8 atom stereocenters. The van der Waals surface area contributed by atoms with Gasteiger partial charge in [-0.2, -0.15) is 0 Å². The standard InChI is InChI=1S/C31H39NO4/c1-4-5-8-21(33)16-20-15-19-13-14-31(3)24(11-12-25(31)26(19)28-27(20)36-28)18(2)17-32-29(34)22-9-6-7-10-23(22)30(32)35/h6-7,9-10,16,18-19,24-28H,4-5,8,11-15,17H2,1-3H3/b20-16+/t18-,19?,24?,25?,26?,27+,28-,31-/m1/s1. The molecule has 3 aliphatic carbocycles. The number of nitrogens with zero attached hydrogens (tertiary/aromatic N) is 1. The van der Waals surface area contributed by atoms with Gasteiger partial charge in [-0.15, -0.1) is 0 Å². The van der Waals surface area contributed by atoms with Crippen LogP contribution in [0.25, 0.3) is 0 Å². The minimum Gasteiger partial charge on any atom is -0.365 e. The minimum absolute atomic E-state index is 0.139. The Morgan fingerprint density at radius 2 is 1.89 bits per heavy atom. The van der Waals surface area contributed by atoms with Gasteiger partial charge in [0.25, 0.3) is 11.8 Å². The number of allylic oxidation sites excluding steroid dienone is 1. The third-order valence-corrected chi connectivity index (χ3v) is 10.5. The Labute approximate surface area is 214 Å². The summed E-state index contributed by atoms with van der Waals surface area (Å²) in [6.45, 7) is 7.35. The fourth-order valence-electron chi connectivity index (χ4n) is 8.71. The van der Waals surface area contributed by atoms with Crippen molar-refractivity contribution in [2.75, 3.05) is 6.54 Å². The van der Waals surface area contributed by atoms with Crippen molar-refractivity contribution >= 4 is 17.6 Å². The third-order valence-electron chi connectivity index (χ3n) is 10.5. The number of fused-ring (bicyclic) bond motifs is 6. The van der Waals surface area contributed by atoms with E-state index in [1.165, 1.54) is 29.7 Å². The summed E-state index contributed by atoms with van der Waals surface area (Å²) in [6.07, 6.45) is 10.8. The SMILES string of the molecule is CCCCC(=O)/C=C1\CC2CC[C@@]3(C)C(CCC3[C@H](C)CN3C(=O)c4ccccc4C3=O)C2[C@H]2O[C@@H]12. The summed E-state index contributed by atoms with van der Waals surface area (Å²) in [5.74, 6) is 2.57. The number of epoxide rings is 1. The lowest BCUT2D eigenvalue weighted by Crippen LogP contribution is -2.48. The zero-order chi connectivity index (χ0) is 25.2. The average molecular weight is 490 g/mol. The van der Waals surface area contributed by atoms with E-state index in [2.05, 4.69) is 20.8 Å². The molecule has 5 aliphatic rings. The molecule has 6 rings (SSSR count). The van der Waals surface area contributed by atoms with Crippen LogP contribution in [-0.2, 0) is 9.53 Å². The summed E-state index contributed by atoms with van der Waals surface area (Å²) in [5, 5.41) is 0. The normalized spacial score (nSPS) is 38.4. The van der Waals surface area contributed by atoms with Gasteiger partial charge in [0.05, 0.1) is 17.2 Å². The summed E-state index contributed by atoms with van der Waals surface area (Å²) < 4.78 is 6.27. The van der Waals surface area contributed by atoms with Gasteiger partial charge in [-0.25, -0.2) is 0 Å². The van der Waals surface area contributed by atoms with E-state index in [0.717, 1.165) is 25.7 Å². The van der Waals surface area contributed by atoms with E-state index >= 15 is 0 Å². The molecule has 192 valence electrons. The van der Waals surface area contributed by atoms with Gasteiger partial charge >= 0.3 is 0 Å². The first-order chi connectivity index (χ1) is 17.3. The van der Waals surface area contributed by atoms with Gasteiger partial charge in [0.15, 0.2) is 5.78 Å². The largest absolute Gasteiger partial charge is 0.365 e. The summed E-state index contributed by atoms with van der Waals surface area (Å²) in [5.41, 5.74) is 2.55. The van der Waals surface area contributed by atoms with Crippen molar-refractivity contribution in [1.82, 2.24) is 4.90 Å². The Balaban J connectivity index is 1.15. The Morgan fingerprint density at radius 3 is 2.58 bits per heavy atom. The highest BCUT2D eigenvalue weighted by Crippen LogP contribution is 2.66. The highest BCUT2D eigenvalue weighted by Gasteiger charge is 2.63. The number of ether oxygens (including phenoxy) is 1. The van der Waals surface area contributed by atoms with E-state index in [1.807, 2.05) is 18.2 Å². The van der Waals surface area contributed by atoms with Gasteiger partial charge < -0.3 is 4.74 Å². The third kappa shape index (κ3) is 3.72. The second-order valence-electron chi connectivity index (χ2n) is 12.4. The zero-order valence-electron chi connectivity index (χ0n) is 21.9. The molecule has 4 unspecified atom stereocenters. The number of hydrogen-bond donors (Lipinski definition) is 0. The highest BCUT2D eigenvalue weighted by atomic mass is 16.6. The van der Waals surface area contributed by atoms with Gasteiger partial charge in [-0.1, -0.05) is 39.3 Å². The summed E-state index contributed by atoms with van der Waals surface area (Å²) in [6, 6.07) is 7.20. The maximum atomic E-state index is 13.0. The molecule has 1 aromatic carbocycles. The predicted octanol–water partition coefficient (Wildman–Crippen LogP) is 5.83. The zero-order valence-corrected chi connectivity index (χ0v) is 21.9. The number of rotatable bonds is 7. The molecular weight excluding hydrogens is 450 g/mol. The number of unbranched alkanes of at least 4 members (excludes halogenated alkanes) is 1. The molecule has 0 N–H and O–H groups in total. The molecule has 0 bridgehead atoms. The van der Waals surface area contributed by atoms with Gasteiger partial charge in [0, 0.05) is 13.0 Å². The summed E-state index contributed by atoms with van der Waals surface area (Å²) in [4.78, 5) is 39.9. The van der Waals surface area contributed by atoms with E-state index < -0.39 is 0 Å². The maximum absolute atomic E-state index is 13.0. The first-order valence-electron chi connectivity index (χ1n) is 14.2.